The summed E-state index contributed by atoms with van der Waals surface area (Å²) in [5.41, 5.74) is 5.35. The summed E-state index contributed by atoms with van der Waals surface area (Å²) in [5, 5.41) is 9.69. The van der Waals surface area contributed by atoms with E-state index in [0.29, 0.717) is 69.9 Å². The van der Waals surface area contributed by atoms with Crippen LogP contribution in [0.5, 0.6) is 0 Å². The molecule has 26 heavy (non-hydrogen) atoms. The molecular weight excluding hydrogens is 334 g/mol. The van der Waals surface area contributed by atoms with E-state index in [1.807, 2.05) is 0 Å². The Bertz CT molecular complexity index is 524. The number of rotatable bonds is 14. The van der Waals surface area contributed by atoms with E-state index >= 15 is 0 Å². The second-order valence-corrected chi connectivity index (χ2v) is 6.04. The van der Waals surface area contributed by atoms with Crippen LogP contribution in [0, 0.1) is 0 Å². The molecule has 1 aromatic heterocycles. The molecule has 1 aromatic rings. The van der Waals surface area contributed by atoms with Crippen LogP contribution in [0.1, 0.15) is 25.7 Å². The van der Waals surface area contributed by atoms with Crippen LogP contribution in [-0.2, 0) is 9.47 Å². The van der Waals surface area contributed by atoms with Gasteiger partial charge in [-0.3, -0.25) is 0 Å². The molecule has 146 valence electrons. The molecule has 0 atom stereocenters. The van der Waals surface area contributed by atoms with E-state index in [0.717, 1.165) is 12.8 Å². The first-order valence-electron chi connectivity index (χ1n) is 9.28. The Kier molecular flexibility index (Phi) is 9.70. The van der Waals surface area contributed by atoms with Crippen LogP contribution in [0.15, 0.2) is 12.7 Å². The van der Waals surface area contributed by atoms with Gasteiger partial charge in [-0.15, -0.1) is 6.58 Å². The largest absolute Gasteiger partial charge is 0.378 e. The fourth-order valence-electron chi connectivity index (χ4n) is 2.66. The Labute approximate surface area is 155 Å². The molecule has 1 heterocycles. The van der Waals surface area contributed by atoms with E-state index in [9.17, 15) is 0 Å². The zero-order valence-corrected chi connectivity index (χ0v) is 15.4. The average molecular weight is 365 g/mol. The van der Waals surface area contributed by atoms with Crippen LogP contribution < -0.4 is 21.7 Å². The standard InChI is InChI=1S/C17H31N7O2/c1-2-8-19-15-22-16(20-9-11-26-13-12-25-10-7-18)24-17(23-15)21-14-5-3-4-6-14/h2,14H,1,3-13,18H2,(H3,19,20,21,22,23,24). The van der Waals surface area contributed by atoms with Crippen molar-refractivity contribution in [2.24, 2.45) is 5.73 Å². The molecule has 1 saturated carbocycles. The zero-order chi connectivity index (χ0) is 18.5. The van der Waals surface area contributed by atoms with Gasteiger partial charge in [0, 0.05) is 25.7 Å². The van der Waals surface area contributed by atoms with Gasteiger partial charge in [-0.25, -0.2) is 0 Å². The highest BCUT2D eigenvalue weighted by molar-refractivity contribution is 5.43. The monoisotopic (exact) mass is 365 g/mol. The number of nitrogens with zero attached hydrogens (tertiary/aromatic N) is 3. The quantitative estimate of drug-likeness (QED) is 0.285. The highest BCUT2D eigenvalue weighted by Gasteiger charge is 2.16. The number of ether oxygens (including phenoxy) is 2. The summed E-state index contributed by atoms with van der Waals surface area (Å²) in [6.07, 6.45) is 6.58. The van der Waals surface area contributed by atoms with Gasteiger partial charge in [-0.1, -0.05) is 18.9 Å². The van der Waals surface area contributed by atoms with Gasteiger partial charge in [0.05, 0.1) is 26.4 Å². The van der Waals surface area contributed by atoms with Crippen LogP contribution in [0.3, 0.4) is 0 Å². The van der Waals surface area contributed by atoms with Gasteiger partial charge in [-0.05, 0) is 12.8 Å². The molecule has 5 N–H and O–H groups in total. The second kappa shape index (κ2) is 12.4. The van der Waals surface area contributed by atoms with E-state index in [-0.39, 0.29) is 0 Å². The fraction of sp³-hybridized carbons (Fsp3) is 0.706. The fourth-order valence-corrected chi connectivity index (χ4v) is 2.66. The summed E-state index contributed by atoms with van der Waals surface area (Å²) in [7, 11) is 0. The van der Waals surface area contributed by atoms with Crippen molar-refractivity contribution in [3.63, 3.8) is 0 Å². The third-order valence-corrected chi connectivity index (χ3v) is 3.89. The summed E-state index contributed by atoms with van der Waals surface area (Å²) in [5.74, 6) is 1.64. The van der Waals surface area contributed by atoms with Crippen molar-refractivity contribution >= 4 is 17.8 Å². The molecule has 0 unspecified atom stereocenters. The Morgan fingerprint density at radius 1 is 0.962 bits per heavy atom. The van der Waals surface area contributed by atoms with Crippen LogP contribution in [0.25, 0.3) is 0 Å². The molecule has 0 aliphatic heterocycles. The molecule has 2 rings (SSSR count). The van der Waals surface area contributed by atoms with Crippen LogP contribution >= 0.6 is 0 Å². The zero-order valence-electron chi connectivity index (χ0n) is 15.4. The number of nitrogens with one attached hydrogen (secondary N) is 3. The van der Waals surface area contributed by atoms with Crippen molar-refractivity contribution in [2.75, 3.05) is 62.0 Å². The third kappa shape index (κ3) is 7.94. The molecule has 9 nitrogen and oxygen atoms in total. The number of anilines is 3. The van der Waals surface area contributed by atoms with E-state index in [2.05, 4.69) is 37.5 Å². The molecule has 0 amide bonds. The third-order valence-electron chi connectivity index (χ3n) is 3.89. The summed E-state index contributed by atoms with van der Waals surface area (Å²) < 4.78 is 10.7. The van der Waals surface area contributed by atoms with Crippen LogP contribution in [-0.4, -0.2) is 67.1 Å². The molecule has 1 aliphatic carbocycles. The molecule has 0 aromatic carbocycles. The van der Waals surface area contributed by atoms with Gasteiger partial charge in [0.15, 0.2) is 0 Å². The van der Waals surface area contributed by atoms with E-state index in [1.165, 1.54) is 12.8 Å². The molecule has 0 bridgehead atoms. The van der Waals surface area contributed by atoms with Gasteiger partial charge < -0.3 is 31.2 Å². The SMILES string of the molecule is C=CCNc1nc(NCCOCCOCCN)nc(NC2CCCC2)n1. The average Bonchev–Trinajstić information content (AvgIpc) is 3.15. The second-order valence-electron chi connectivity index (χ2n) is 6.04. The van der Waals surface area contributed by atoms with Gasteiger partial charge in [0.25, 0.3) is 0 Å². The maximum Gasteiger partial charge on any atom is 0.229 e. The highest BCUT2D eigenvalue weighted by Crippen LogP contribution is 2.21. The Hall–Kier alpha value is -1.97. The van der Waals surface area contributed by atoms with Crippen molar-refractivity contribution in [2.45, 2.75) is 31.7 Å². The van der Waals surface area contributed by atoms with Gasteiger partial charge in [-0.2, -0.15) is 15.0 Å². The minimum absolute atomic E-state index is 0.439. The summed E-state index contributed by atoms with van der Waals surface area (Å²) in [4.78, 5) is 13.3. The van der Waals surface area contributed by atoms with Gasteiger partial charge >= 0.3 is 0 Å². The predicted octanol–water partition coefficient (Wildman–Crippen LogP) is 1.23. The predicted molar refractivity (Wildman–Crippen MR) is 104 cm³/mol. The Morgan fingerprint density at radius 2 is 1.62 bits per heavy atom. The topological polar surface area (TPSA) is 119 Å². The summed E-state index contributed by atoms with van der Waals surface area (Å²) in [6, 6.07) is 0.439. The number of hydrogen-bond donors (Lipinski definition) is 4. The van der Waals surface area contributed by atoms with E-state index in [1.54, 1.807) is 6.08 Å². The van der Waals surface area contributed by atoms with Crippen molar-refractivity contribution in [1.29, 1.82) is 0 Å². The Morgan fingerprint density at radius 3 is 2.31 bits per heavy atom. The highest BCUT2D eigenvalue weighted by atomic mass is 16.5. The first-order valence-corrected chi connectivity index (χ1v) is 9.28. The molecule has 1 aliphatic rings. The van der Waals surface area contributed by atoms with Crippen molar-refractivity contribution in [1.82, 2.24) is 15.0 Å². The molecule has 0 radical (unpaired) electrons. The van der Waals surface area contributed by atoms with Crippen molar-refractivity contribution in [3.05, 3.63) is 12.7 Å². The lowest BCUT2D eigenvalue weighted by Crippen LogP contribution is -2.20. The lowest BCUT2D eigenvalue weighted by Gasteiger charge is -2.14. The maximum atomic E-state index is 5.49. The van der Waals surface area contributed by atoms with Crippen LogP contribution in [0.2, 0.25) is 0 Å². The smallest absolute Gasteiger partial charge is 0.229 e. The summed E-state index contributed by atoms with van der Waals surface area (Å²) in [6.45, 7) is 7.62. The number of nitrogens with two attached hydrogens (primary N) is 1. The molecule has 0 spiro atoms. The first-order chi connectivity index (χ1) is 12.8. The lowest BCUT2D eigenvalue weighted by molar-refractivity contribution is 0.0547. The van der Waals surface area contributed by atoms with Crippen molar-refractivity contribution < 1.29 is 9.47 Å². The Balaban J connectivity index is 1.79. The molecular formula is C17H31N7O2. The normalized spacial score (nSPS) is 14.3. The molecule has 0 saturated heterocycles. The maximum absolute atomic E-state index is 5.49. The summed E-state index contributed by atoms with van der Waals surface area (Å²) >= 11 is 0. The van der Waals surface area contributed by atoms with E-state index in [4.69, 9.17) is 15.2 Å². The number of hydrogen-bond acceptors (Lipinski definition) is 9. The van der Waals surface area contributed by atoms with Gasteiger partial charge in [0.2, 0.25) is 17.8 Å². The van der Waals surface area contributed by atoms with Crippen molar-refractivity contribution in [3.8, 4) is 0 Å². The number of aromatic nitrogens is 3. The van der Waals surface area contributed by atoms with Crippen LogP contribution in [0.4, 0.5) is 17.8 Å². The lowest BCUT2D eigenvalue weighted by atomic mass is 10.3. The minimum atomic E-state index is 0.439. The van der Waals surface area contributed by atoms with E-state index < -0.39 is 0 Å². The minimum Gasteiger partial charge on any atom is -0.378 e. The molecule has 9 heteroatoms. The molecule has 1 fully saturated rings. The van der Waals surface area contributed by atoms with Gasteiger partial charge in [0.1, 0.15) is 0 Å². The first kappa shape index (κ1) is 20.3.